The molecule has 0 aliphatic carbocycles. The molecule has 0 aliphatic rings. The van der Waals surface area contributed by atoms with Crippen molar-refractivity contribution >= 4 is 5.97 Å². The molecule has 0 heterocycles. The van der Waals surface area contributed by atoms with Crippen LogP contribution in [0, 0.1) is 6.92 Å². The first-order chi connectivity index (χ1) is 9.58. The van der Waals surface area contributed by atoms with Gasteiger partial charge in [0.05, 0.1) is 14.2 Å². The fraction of sp³-hybridized carbons (Fsp3) is 0.188. The molecule has 4 heteroatoms. The van der Waals surface area contributed by atoms with E-state index < -0.39 is 5.97 Å². The monoisotopic (exact) mass is 272 g/mol. The molecular weight excluding hydrogens is 256 g/mol. The molecule has 0 saturated carbocycles. The smallest absolute Gasteiger partial charge is 0.339 e. The lowest BCUT2D eigenvalue weighted by Crippen LogP contribution is -2.02. The van der Waals surface area contributed by atoms with E-state index in [0.29, 0.717) is 17.1 Å². The van der Waals surface area contributed by atoms with Crippen LogP contribution in [-0.2, 0) is 0 Å². The summed E-state index contributed by atoms with van der Waals surface area (Å²) in [4.78, 5) is 11.3. The van der Waals surface area contributed by atoms with Gasteiger partial charge in [-0.1, -0.05) is 23.8 Å². The highest BCUT2D eigenvalue weighted by Gasteiger charge is 2.18. The van der Waals surface area contributed by atoms with Crippen LogP contribution in [0.15, 0.2) is 36.4 Å². The number of methoxy groups -OCH3 is 2. The topological polar surface area (TPSA) is 55.8 Å². The average molecular weight is 272 g/mol. The summed E-state index contributed by atoms with van der Waals surface area (Å²) in [6.07, 6.45) is 0. The van der Waals surface area contributed by atoms with E-state index in [9.17, 15) is 9.90 Å². The van der Waals surface area contributed by atoms with E-state index in [1.807, 2.05) is 31.2 Å². The molecule has 0 fully saturated rings. The largest absolute Gasteiger partial charge is 0.496 e. The van der Waals surface area contributed by atoms with Gasteiger partial charge in [0, 0.05) is 11.1 Å². The average Bonchev–Trinajstić information content (AvgIpc) is 2.46. The van der Waals surface area contributed by atoms with E-state index in [0.717, 1.165) is 11.1 Å². The molecule has 1 N–H and O–H groups in total. The highest BCUT2D eigenvalue weighted by molar-refractivity contribution is 5.95. The third kappa shape index (κ3) is 2.45. The summed E-state index contributed by atoms with van der Waals surface area (Å²) < 4.78 is 10.6. The number of para-hydroxylation sites is 1. The van der Waals surface area contributed by atoms with Gasteiger partial charge in [-0.2, -0.15) is 0 Å². The Hall–Kier alpha value is -2.49. The van der Waals surface area contributed by atoms with Crippen molar-refractivity contribution in [3.05, 3.63) is 47.5 Å². The molecule has 20 heavy (non-hydrogen) atoms. The zero-order valence-electron chi connectivity index (χ0n) is 11.6. The Morgan fingerprint density at radius 1 is 1.05 bits per heavy atom. The molecule has 0 amide bonds. The number of aryl methyl sites for hydroxylation is 1. The van der Waals surface area contributed by atoms with Crippen LogP contribution in [0.5, 0.6) is 11.5 Å². The molecule has 0 atom stereocenters. The number of carboxylic acids is 1. The number of benzene rings is 2. The summed E-state index contributed by atoms with van der Waals surface area (Å²) in [5.74, 6) is -0.00402. The Labute approximate surface area is 117 Å². The lowest BCUT2D eigenvalue weighted by molar-refractivity contribution is 0.0693. The van der Waals surface area contributed by atoms with Crippen molar-refractivity contribution in [1.29, 1.82) is 0 Å². The first-order valence-electron chi connectivity index (χ1n) is 6.13. The second kappa shape index (κ2) is 5.65. The van der Waals surface area contributed by atoms with Gasteiger partial charge in [-0.15, -0.1) is 0 Å². The summed E-state index contributed by atoms with van der Waals surface area (Å²) in [5, 5.41) is 9.24. The van der Waals surface area contributed by atoms with Crippen LogP contribution in [0.2, 0.25) is 0 Å². The summed E-state index contributed by atoms with van der Waals surface area (Å²) in [7, 11) is 3.05. The normalized spacial score (nSPS) is 10.2. The number of carboxylic acid groups (broad SMARTS) is 1. The summed E-state index contributed by atoms with van der Waals surface area (Å²) in [6.45, 7) is 1.97. The number of hydrogen-bond donors (Lipinski definition) is 1. The predicted octanol–water partition coefficient (Wildman–Crippen LogP) is 3.38. The number of ether oxygens (including phenoxy) is 2. The van der Waals surface area contributed by atoms with Gasteiger partial charge in [-0.05, 0) is 25.1 Å². The first-order valence-corrected chi connectivity index (χ1v) is 6.13. The van der Waals surface area contributed by atoms with Crippen LogP contribution in [0.25, 0.3) is 11.1 Å². The SMILES string of the molecule is COc1ccc(C)cc1-c1cccc(C(=O)O)c1OC. The van der Waals surface area contributed by atoms with Crippen molar-refractivity contribution in [2.45, 2.75) is 6.92 Å². The maximum Gasteiger partial charge on any atom is 0.339 e. The highest BCUT2D eigenvalue weighted by atomic mass is 16.5. The number of aromatic carboxylic acids is 1. The zero-order chi connectivity index (χ0) is 14.7. The molecule has 2 aromatic carbocycles. The summed E-state index contributed by atoms with van der Waals surface area (Å²) in [6, 6.07) is 10.8. The molecule has 0 radical (unpaired) electrons. The standard InChI is InChI=1S/C16H16O4/c1-10-7-8-14(19-2)13(9-10)11-5-4-6-12(16(17)18)15(11)20-3/h4-9H,1-3H3,(H,17,18). The second-order valence-electron chi connectivity index (χ2n) is 4.40. The Bertz CT molecular complexity index is 647. The van der Waals surface area contributed by atoms with Crippen molar-refractivity contribution in [3.63, 3.8) is 0 Å². The van der Waals surface area contributed by atoms with Gasteiger partial charge in [0.15, 0.2) is 0 Å². The Morgan fingerprint density at radius 2 is 1.80 bits per heavy atom. The zero-order valence-corrected chi connectivity index (χ0v) is 11.6. The van der Waals surface area contributed by atoms with Gasteiger partial charge in [-0.25, -0.2) is 4.79 Å². The number of carbonyl (C=O) groups is 1. The third-order valence-electron chi connectivity index (χ3n) is 3.09. The van der Waals surface area contributed by atoms with Crippen LogP contribution in [-0.4, -0.2) is 25.3 Å². The van der Waals surface area contributed by atoms with Crippen molar-refractivity contribution in [2.75, 3.05) is 14.2 Å². The molecule has 104 valence electrons. The second-order valence-corrected chi connectivity index (χ2v) is 4.40. The molecule has 0 spiro atoms. The summed E-state index contributed by atoms with van der Waals surface area (Å²) in [5.41, 5.74) is 2.71. The molecule has 0 unspecified atom stereocenters. The quantitative estimate of drug-likeness (QED) is 0.927. The van der Waals surface area contributed by atoms with Crippen molar-refractivity contribution in [3.8, 4) is 22.6 Å². The van der Waals surface area contributed by atoms with Crippen molar-refractivity contribution in [1.82, 2.24) is 0 Å². The predicted molar refractivity (Wildman–Crippen MR) is 76.7 cm³/mol. The van der Waals surface area contributed by atoms with Crippen LogP contribution < -0.4 is 9.47 Å². The van der Waals surface area contributed by atoms with E-state index in [1.165, 1.54) is 13.2 Å². The van der Waals surface area contributed by atoms with E-state index in [2.05, 4.69) is 0 Å². The minimum absolute atomic E-state index is 0.133. The van der Waals surface area contributed by atoms with Gasteiger partial charge < -0.3 is 14.6 Å². The van der Waals surface area contributed by atoms with Crippen LogP contribution >= 0.6 is 0 Å². The van der Waals surface area contributed by atoms with Crippen LogP contribution in [0.4, 0.5) is 0 Å². The molecule has 4 nitrogen and oxygen atoms in total. The Balaban J connectivity index is 2.72. The van der Waals surface area contributed by atoms with E-state index >= 15 is 0 Å². The summed E-state index contributed by atoms with van der Waals surface area (Å²) >= 11 is 0. The van der Waals surface area contributed by atoms with Gasteiger partial charge in [-0.3, -0.25) is 0 Å². The minimum Gasteiger partial charge on any atom is -0.496 e. The molecule has 0 aliphatic heterocycles. The molecule has 2 aromatic rings. The van der Waals surface area contributed by atoms with Gasteiger partial charge >= 0.3 is 5.97 Å². The Morgan fingerprint density at radius 3 is 2.40 bits per heavy atom. The van der Waals surface area contributed by atoms with Crippen LogP contribution in [0.3, 0.4) is 0 Å². The van der Waals surface area contributed by atoms with Gasteiger partial charge in [0.2, 0.25) is 0 Å². The van der Waals surface area contributed by atoms with E-state index in [4.69, 9.17) is 9.47 Å². The third-order valence-corrected chi connectivity index (χ3v) is 3.09. The number of rotatable bonds is 4. The number of hydrogen-bond acceptors (Lipinski definition) is 3. The Kier molecular flexibility index (Phi) is 3.94. The maximum atomic E-state index is 11.3. The fourth-order valence-corrected chi connectivity index (χ4v) is 2.17. The van der Waals surface area contributed by atoms with Crippen molar-refractivity contribution < 1.29 is 19.4 Å². The maximum absolute atomic E-state index is 11.3. The van der Waals surface area contributed by atoms with E-state index in [-0.39, 0.29) is 5.56 Å². The van der Waals surface area contributed by atoms with E-state index in [1.54, 1.807) is 13.2 Å². The molecular formula is C16H16O4. The van der Waals surface area contributed by atoms with Crippen molar-refractivity contribution in [2.24, 2.45) is 0 Å². The van der Waals surface area contributed by atoms with Crippen LogP contribution in [0.1, 0.15) is 15.9 Å². The van der Waals surface area contributed by atoms with Gasteiger partial charge in [0.1, 0.15) is 17.1 Å². The minimum atomic E-state index is -1.02. The van der Waals surface area contributed by atoms with Gasteiger partial charge in [0.25, 0.3) is 0 Å². The molecule has 0 saturated heterocycles. The lowest BCUT2D eigenvalue weighted by Gasteiger charge is -2.14. The fourth-order valence-electron chi connectivity index (χ4n) is 2.17. The molecule has 0 aromatic heterocycles. The first kappa shape index (κ1) is 13.9. The lowest BCUT2D eigenvalue weighted by atomic mass is 9.99. The highest BCUT2D eigenvalue weighted by Crippen LogP contribution is 2.38. The molecule has 0 bridgehead atoms. The molecule has 2 rings (SSSR count).